The fraction of sp³-hybridized carbons (Fsp3) is 0. The van der Waals surface area contributed by atoms with E-state index < -0.39 is 0 Å². The molecule has 0 N–H and O–H groups in total. The summed E-state index contributed by atoms with van der Waals surface area (Å²) in [5.74, 6) is 0. The van der Waals surface area contributed by atoms with E-state index in [1.54, 1.807) is 0 Å². The molecular weight excluding hydrogens is 593 g/mol. The van der Waals surface area contributed by atoms with Crippen molar-refractivity contribution in [3.63, 3.8) is 0 Å². The van der Waals surface area contributed by atoms with E-state index in [9.17, 15) is 0 Å². The SMILES string of the molecule is c1ccc(-c2ccc(-c3c4ccccc4c(-c4ccc(-c5cccc6oc7ccccc7c56)cc4)c4ccccc34)c3ccccc23)cc1. The maximum Gasteiger partial charge on any atom is 0.136 e. The Balaban J connectivity index is 1.19. The fourth-order valence-electron chi connectivity index (χ4n) is 7.95. The van der Waals surface area contributed by atoms with Gasteiger partial charge in [0.05, 0.1) is 0 Å². The minimum atomic E-state index is 0.916. The van der Waals surface area contributed by atoms with Crippen molar-refractivity contribution < 1.29 is 4.42 Å². The summed E-state index contributed by atoms with van der Waals surface area (Å²) in [6.07, 6.45) is 0. The Kier molecular flexibility index (Phi) is 6.25. The van der Waals surface area contributed by atoms with Gasteiger partial charge in [0.2, 0.25) is 0 Å². The van der Waals surface area contributed by atoms with Gasteiger partial charge in [-0.3, -0.25) is 0 Å². The highest BCUT2D eigenvalue weighted by Crippen LogP contribution is 2.47. The Labute approximate surface area is 284 Å². The Morgan fingerprint density at radius 2 is 0.714 bits per heavy atom. The molecular formula is C48H30O. The third kappa shape index (κ3) is 4.33. The third-order valence-electron chi connectivity index (χ3n) is 10.1. The normalized spacial score (nSPS) is 11.7. The summed E-state index contributed by atoms with van der Waals surface area (Å²) in [5, 5.41) is 9.86. The first-order valence-electron chi connectivity index (χ1n) is 16.9. The Bertz CT molecular complexity index is 2800. The quantitative estimate of drug-likeness (QED) is 0.178. The van der Waals surface area contributed by atoms with Gasteiger partial charge in [-0.2, -0.15) is 0 Å². The molecule has 0 fully saturated rings. The van der Waals surface area contributed by atoms with Crippen molar-refractivity contribution in [3.05, 3.63) is 182 Å². The summed E-state index contributed by atoms with van der Waals surface area (Å²) in [6, 6.07) is 65.8. The first-order chi connectivity index (χ1) is 24.3. The van der Waals surface area contributed by atoms with Crippen LogP contribution >= 0.6 is 0 Å². The van der Waals surface area contributed by atoms with Crippen LogP contribution in [0, 0.1) is 0 Å². The molecule has 0 radical (unpaired) electrons. The summed E-state index contributed by atoms with van der Waals surface area (Å²) in [5.41, 5.74) is 11.7. The van der Waals surface area contributed by atoms with E-state index in [2.05, 4.69) is 170 Å². The zero-order chi connectivity index (χ0) is 32.3. The predicted molar refractivity (Wildman–Crippen MR) is 208 cm³/mol. The largest absolute Gasteiger partial charge is 0.456 e. The van der Waals surface area contributed by atoms with E-state index >= 15 is 0 Å². The van der Waals surface area contributed by atoms with Crippen LogP contribution in [-0.2, 0) is 0 Å². The molecule has 0 amide bonds. The number of para-hydroxylation sites is 1. The highest BCUT2D eigenvalue weighted by molar-refractivity contribution is 6.24. The van der Waals surface area contributed by atoms with Gasteiger partial charge >= 0.3 is 0 Å². The van der Waals surface area contributed by atoms with Gasteiger partial charge in [-0.1, -0.05) is 170 Å². The Morgan fingerprint density at radius 1 is 0.245 bits per heavy atom. The molecule has 228 valence electrons. The fourth-order valence-corrected chi connectivity index (χ4v) is 7.95. The molecule has 0 saturated carbocycles. The second-order valence-corrected chi connectivity index (χ2v) is 12.8. The summed E-state index contributed by atoms with van der Waals surface area (Å²) >= 11 is 0. The highest BCUT2D eigenvalue weighted by Gasteiger charge is 2.19. The van der Waals surface area contributed by atoms with Gasteiger partial charge in [0, 0.05) is 10.8 Å². The maximum absolute atomic E-state index is 6.21. The van der Waals surface area contributed by atoms with Crippen molar-refractivity contribution in [3.8, 4) is 44.5 Å². The first-order valence-corrected chi connectivity index (χ1v) is 16.9. The van der Waals surface area contributed by atoms with Gasteiger partial charge in [-0.05, 0) is 89.0 Å². The lowest BCUT2D eigenvalue weighted by molar-refractivity contribution is 0.669. The lowest BCUT2D eigenvalue weighted by Gasteiger charge is -2.20. The van der Waals surface area contributed by atoms with Gasteiger partial charge in [0.25, 0.3) is 0 Å². The molecule has 49 heavy (non-hydrogen) atoms. The third-order valence-corrected chi connectivity index (χ3v) is 10.1. The zero-order valence-corrected chi connectivity index (χ0v) is 26.7. The summed E-state index contributed by atoms with van der Waals surface area (Å²) in [6.45, 7) is 0. The average molecular weight is 623 g/mol. The number of rotatable bonds is 4. The van der Waals surface area contributed by atoms with Crippen molar-refractivity contribution in [1.82, 2.24) is 0 Å². The number of furan rings is 1. The average Bonchev–Trinajstić information content (AvgIpc) is 3.56. The van der Waals surface area contributed by atoms with Crippen LogP contribution in [-0.4, -0.2) is 0 Å². The summed E-state index contributed by atoms with van der Waals surface area (Å²) in [7, 11) is 0. The van der Waals surface area contributed by atoms with Gasteiger partial charge in [0.15, 0.2) is 0 Å². The molecule has 0 aliphatic rings. The summed E-state index contributed by atoms with van der Waals surface area (Å²) in [4.78, 5) is 0. The number of hydrogen-bond acceptors (Lipinski definition) is 1. The van der Waals surface area contributed by atoms with Crippen molar-refractivity contribution >= 4 is 54.3 Å². The maximum atomic E-state index is 6.21. The van der Waals surface area contributed by atoms with Crippen LogP contribution in [0.3, 0.4) is 0 Å². The number of benzene rings is 9. The monoisotopic (exact) mass is 622 g/mol. The molecule has 0 saturated heterocycles. The molecule has 1 nitrogen and oxygen atoms in total. The minimum absolute atomic E-state index is 0.916. The molecule has 9 aromatic carbocycles. The van der Waals surface area contributed by atoms with Crippen LogP contribution in [0.2, 0.25) is 0 Å². The van der Waals surface area contributed by atoms with Gasteiger partial charge in [0.1, 0.15) is 11.2 Å². The number of hydrogen-bond donors (Lipinski definition) is 0. The Hall–Kier alpha value is -6.44. The molecule has 0 bridgehead atoms. The van der Waals surface area contributed by atoms with Gasteiger partial charge < -0.3 is 4.42 Å². The van der Waals surface area contributed by atoms with Crippen molar-refractivity contribution in [2.75, 3.05) is 0 Å². The van der Waals surface area contributed by atoms with Crippen LogP contribution in [0.1, 0.15) is 0 Å². The van der Waals surface area contributed by atoms with Crippen LogP contribution in [0.15, 0.2) is 186 Å². The van der Waals surface area contributed by atoms with Crippen molar-refractivity contribution in [1.29, 1.82) is 0 Å². The van der Waals surface area contributed by atoms with E-state index in [1.807, 2.05) is 12.1 Å². The molecule has 0 atom stereocenters. The van der Waals surface area contributed by atoms with Crippen LogP contribution in [0.25, 0.3) is 98.8 Å². The van der Waals surface area contributed by atoms with E-state index in [0.29, 0.717) is 0 Å². The Morgan fingerprint density at radius 3 is 1.39 bits per heavy atom. The van der Waals surface area contributed by atoms with E-state index in [0.717, 1.165) is 21.9 Å². The second kappa shape index (κ2) is 11.1. The van der Waals surface area contributed by atoms with Gasteiger partial charge in [-0.15, -0.1) is 0 Å². The highest BCUT2D eigenvalue weighted by atomic mass is 16.3. The molecule has 1 aromatic heterocycles. The smallest absolute Gasteiger partial charge is 0.136 e. The molecule has 10 aromatic rings. The molecule has 1 heterocycles. The zero-order valence-electron chi connectivity index (χ0n) is 26.7. The van der Waals surface area contributed by atoms with E-state index in [-0.39, 0.29) is 0 Å². The molecule has 1 heteroatoms. The van der Waals surface area contributed by atoms with E-state index in [1.165, 1.54) is 76.8 Å². The first kappa shape index (κ1) is 27.7. The molecule has 10 rings (SSSR count). The van der Waals surface area contributed by atoms with Crippen LogP contribution < -0.4 is 0 Å². The lowest BCUT2D eigenvalue weighted by atomic mass is 9.83. The molecule has 0 spiro atoms. The number of fused-ring (bicyclic) bond motifs is 6. The van der Waals surface area contributed by atoms with E-state index in [4.69, 9.17) is 4.42 Å². The lowest BCUT2D eigenvalue weighted by Crippen LogP contribution is -1.92. The topological polar surface area (TPSA) is 13.1 Å². The van der Waals surface area contributed by atoms with Crippen molar-refractivity contribution in [2.24, 2.45) is 0 Å². The molecule has 0 aliphatic carbocycles. The summed E-state index contributed by atoms with van der Waals surface area (Å²) < 4.78 is 6.21. The van der Waals surface area contributed by atoms with Crippen LogP contribution in [0.4, 0.5) is 0 Å². The van der Waals surface area contributed by atoms with Gasteiger partial charge in [-0.25, -0.2) is 0 Å². The standard InChI is InChI=1S/C48H30O/c1-2-13-31(14-3-1)34-29-30-42(37-16-5-4-15-36(34)37)47-40-19-8-6-17-38(40)46(39-18-7-9-20-41(39)47)33-27-25-32(26-28-33)35-22-12-24-45-48(35)43-21-10-11-23-44(43)49-45/h1-30H. The second-order valence-electron chi connectivity index (χ2n) is 12.8. The molecule has 0 unspecified atom stereocenters. The van der Waals surface area contributed by atoms with Crippen LogP contribution in [0.5, 0.6) is 0 Å². The molecule has 0 aliphatic heterocycles. The predicted octanol–water partition coefficient (Wildman–Crippen LogP) is 13.7. The minimum Gasteiger partial charge on any atom is -0.456 e. The van der Waals surface area contributed by atoms with Crippen molar-refractivity contribution in [2.45, 2.75) is 0 Å².